The fourth-order valence-electron chi connectivity index (χ4n) is 4.20. The summed E-state index contributed by atoms with van der Waals surface area (Å²) in [6.07, 6.45) is 0. The Morgan fingerprint density at radius 1 is 1.20 bits per heavy atom. The van der Waals surface area contributed by atoms with Gasteiger partial charge in [0.25, 0.3) is 5.91 Å². The Hall–Kier alpha value is -2.03. The molecule has 4 heterocycles. The maximum atomic E-state index is 13.2. The van der Waals surface area contributed by atoms with Crippen molar-refractivity contribution in [3.63, 3.8) is 0 Å². The third-order valence-electron chi connectivity index (χ3n) is 5.84. The SMILES string of the molecule is CC(=O)c1cc2c(s1)SCC1C(C(=O)N3CCN(c4cccc(Cl)c4)CC3)=NNC21. The number of carbonyl (C=O) groups excluding carboxylic acids is 2. The molecule has 0 spiro atoms. The summed E-state index contributed by atoms with van der Waals surface area (Å²) in [5, 5.41) is 5.17. The van der Waals surface area contributed by atoms with Gasteiger partial charge >= 0.3 is 0 Å². The molecule has 30 heavy (non-hydrogen) atoms. The third kappa shape index (κ3) is 3.50. The van der Waals surface area contributed by atoms with Gasteiger partial charge < -0.3 is 15.2 Å². The molecule has 1 saturated heterocycles. The van der Waals surface area contributed by atoms with Gasteiger partial charge in [-0.1, -0.05) is 17.7 Å². The van der Waals surface area contributed by atoms with E-state index in [0.29, 0.717) is 18.8 Å². The van der Waals surface area contributed by atoms with E-state index in [1.807, 2.05) is 35.2 Å². The molecule has 2 atom stereocenters. The van der Waals surface area contributed by atoms with Gasteiger partial charge in [-0.15, -0.1) is 23.1 Å². The summed E-state index contributed by atoms with van der Waals surface area (Å²) in [7, 11) is 0. The first kappa shape index (κ1) is 19.9. The highest BCUT2D eigenvalue weighted by Crippen LogP contribution is 2.46. The zero-order valence-electron chi connectivity index (χ0n) is 16.4. The summed E-state index contributed by atoms with van der Waals surface area (Å²) in [5.74, 6) is 0.941. The van der Waals surface area contributed by atoms with Gasteiger partial charge in [0, 0.05) is 54.1 Å². The smallest absolute Gasteiger partial charge is 0.270 e. The first-order valence-corrected chi connectivity index (χ1v) is 12.1. The van der Waals surface area contributed by atoms with E-state index in [0.717, 1.165) is 44.2 Å². The van der Waals surface area contributed by atoms with Crippen LogP contribution in [-0.2, 0) is 4.79 Å². The molecule has 1 N–H and O–H groups in total. The van der Waals surface area contributed by atoms with E-state index in [4.69, 9.17) is 11.6 Å². The van der Waals surface area contributed by atoms with Gasteiger partial charge in [-0.2, -0.15) is 5.10 Å². The number of thioether (sulfide) groups is 1. The first-order chi connectivity index (χ1) is 14.5. The van der Waals surface area contributed by atoms with Crippen molar-refractivity contribution < 1.29 is 9.59 Å². The number of hydrogen-bond donors (Lipinski definition) is 1. The lowest BCUT2D eigenvalue weighted by Gasteiger charge is -2.36. The van der Waals surface area contributed by atoms with Gasteiger partial charge in [-0.05, 0) is 31.2 Å². The van der Waals surface area contributed by atoms with Gasteiger partial charge in [-0.3, -0.25) is 9.59 Å². The van der Waals surface area contributed by atoms with Crippen LogP contribution in [-0.4, -0.2) is 54.2 Å². The molecule has 2 unspecified atom stereocenters. The van der Waals surface area contributed by atoms with Crippen LogP contribution in [0.4, 0.5) is 5.69 Å². The summed E-state index contributed by atoms with van der Waals surface area (Å²) in [4.78, 5) is 29.9. The quantitative estimate of drug-likeness (QED) is 0.708. The van der Waals surface area contributed by atoms with E-state index in [1.54, 1.807) is 30.0 Å². The molecule has 1 aromatic heterocycles. The van der Waals surface area contributed by atoms with Crippen molar-refractivity contribution in [2.45, 2.75) is 17.2 Å². The number of hydrogen-bond acceptors (Lipinski definition) is 7. The summed E-state index contributed by atoms with van der Waals surface area (Å²) in [6, 6.07) is 9.77. The molecular formula is C21H21ClN4O2S2. The number of anilines is 1. The highest BCUT2D eigenvalue weighted by Gasteiger charge is 2.43. The molecule has 6 nitrogen and oxygen atoms in total. The summed E-state index contributed by atoms with van der Waals surface area (Å²) in [6.45, 7) is 4.45. The number of carbonyl (C=O) groups is 2. The Morgan fingerprint density at radius 2 is 2.00 bits per heavy atom. The van der Waals surface area contributed by atoms with Gasteiger partial charge in [0.05, 0.1) is 15.1 Å². The molecule has 0 aliphatic carbocycles. The van der Waals surface area contributed by atoms with Crippen molar-refractivity contribution in [2.75, 3.05) is 36.8 Å². The molecule has 0 saturated carbocycles. The molecule has 3 aliphatic rings. The number of amides is 1. The number of thiophene rings is 1. The van der Waals surface area contributed by atoms with Crippen LogP contribution in [0.1, 0.15) is 28.2 Å². The van der Waals surface area contributed by atoms with Crippen molar-refractivity contribution in [1.82, 2.24) is 10.3 Å². The molecule has 156 valence electrons. The summed E-state index contributed by atoms with van der Waals surface area (Å²) in [5.41, 5.74) is 5.98. The number of ketones is 1. The van der Waals surface area contributed by atoms with Crippen LogP contribution in [0.15, 0.2) is 39.6 Å². The lowest BCUT2D eigenvalue weighted by Crippen LogP contribution is -2.51. The first-order valence-electron chi connectivity index (χ1n) is 9.91. The predicted octanol–water partition coefficient (Wildman–Crippen LogP) is 3.68. The molecule has 5 rings (SSSR count). The zero-order valence-corrected chi connectivity index (χ0v) is 18.8. The highest BCUT2D eigenvalue weighted by atomic mass is 35.5. The standard InChI is InChI=1S/C21H21ClN4O2S2/c1-12(27)17-10-15-18-16(11-29-21(15)30-17)19(24-23-18)20(28)26-7-5-25(6-8-26)14-4-2-3-13(22)9-14/h2-4,9-10,16,18,23H,5-8,11H2,1H3. The molecule has 1 aromatic carbocycles. The minimum atomic E-state index is -0.0164. The van der Waals surface area contributed by atoms with E-state index in [9.17, 15) is 9.59 Å². The third-order valence-corrected chi connectivity index (χ3v) is 8.75. The van der Waals surface area contributed by atoms with Crippen LogP contribution in [0, 0.1) is 5.92 Å². The minimum absolute atomic E-state index is 0.0164. The largest absolute Gasteiger partial charge is 0.368 e. The van der Waals surface area contributed by atoms with Gasteiger partial charge in [0.2, 0.25) is 0 Å². The van der Waals surface area contributed by atoms with Crippen molar-refractivity contribution >= 4 is 57.8 Å². The number of nitrogens with zero attached hydrogens (tertiary/aromatic N) is 3. The highest BCUT2D eigenvalue weighted by molar-refractivity contribution is 8.01. The number of Topliss-reactive ketones (excluding diaryl/α,β-unsaturated/α-hetero) is 1. The van der Waals surface area contributed by atoms with Gasteiger partial charge in [0.1, 0.15) is 5.71 Å². The predicted molar refractivity (Wildman–Crippen MR) is 122 cm³/mol. The fourth-order valence-corrected chi connectivity index (χ4v) is 6.96. The Kier molecular flexibility index (Phi) is 5.24. The number of nitrogens with one attached hydrogen (secondary N) is 1. The van der Waals surface area contributed by atoms with E-state index in [1.165, 1.54) is 0 Å². The Morgan fingerprint density at radius 3 is 2.73 bits per heavy atom. The lowest BCUT2D eigenvalue weighted by molar-refractivity contribution is -0.124. The zero-order chi connectivity index (χ0) is 20.8. The molecular weight excluding hydrogens is 440 g/mol. The van der Waals surface area contributed by atoms with Crippen molar-refractivity contribution in [2.24, 2.45) is 11.0 Å². The Labute approximate surface area is 188 Å². The minimum Gasteiger partial charge on any atom is -0.368 e. The van der Waals surface area contributed by atoms with Gasteiger partial charge in [0.15, 0.2) is 5.78 Å². The number of fused-ring (bicyclic) bond motifs is 3. The molecule has 9 heteroatoms. The van der Waals surface area contributed by atoms with E-state index in [2.05, 4.69) is 15.4 Å². The van der Waals surface area contributed by atoms with Gasteiger partial charge in [-0.25, -0.2) is 0 Å². The van der Waals surface area contributed by atoms with E-state index >= 15 is 0 Å². The molecule has 1 fully saturated rings. The summed E-state index contributed by atoms with van der Waals surface area (Å²) < 4.78 is 1.16. The Bertz CT molecular complexity index is 1050. The fraction of sp³-hybridized carbons (Fsp3) is 0.381. The maximum absolute atomic E-state index is 13.2. The number of rotatable bonds is 3. The van der Waals surface area contributed by atoms with Crippen LogP contribution in [0.5, 0.6) is 0 Å². The number of piperazine rings is 1. The Balaban J connectivity index is 1.26. The van der Waals surface area contributed by atoms with E-state index in [-0.39, 0.29) is 23.7 Å². The monoisotopic (exact) mass is 460 g/mol. The molecule has 2 aromatic rings. The topological polar surface area (TPSA) is 65.0 Å². The molecule has 0 radical (unpaired) electrons. The average molecular weight is 461 g/mol. The second-order valence-corrected chi connectivity index (χ2v) is 10.5. The molecule has 3 aliphatic heterocycles. The van der Waals surface area contributed by atoms with Crippen LogP contribution in [0.2, 0.25) is 5.02 Å². The van der Waals surface area contributed by atoms with Crippen LogP contribution < -0.4 is 10.3 Å². The second-order valence-electron chi connectivity index (χ2n) is 7.69. The van der Waals surface area contributed by atoms with Crippen molar-refractivity contribution in [3.8, 4) is 0 Å². The second kappa shape index (κ2) is 7.90. The van der Waals surface area contributed by atoms with Crippen LogP contribution >= 0.6 is 34.7 Å². The number of hydrazone groups is 1. The number of benzene rings is 1. The lowest BCUT2D eigenvalue weighted by atomic mass is 9.92. The normalized spacial score (nSPS) is 22.8. The summed E-state index contributed by atoms with van der Waals surface area (Å²) >= 11 is 9.38. The molecule has 0 bridgehead atoms. The molecule has 1 amide bonds. The van der Waals surface area contributed by atoms with E-state index < -0.39 is 0 Å². The maximum Gasteiger partial charge on any atom is 0.270 e. The van der Waals surface area contributed by atoms with Crippen LogP contribution in [0.25, 0.3) is 0 Å². The average Bonchev–Trinajstić information content (AvgIpc) is 3.37. The van der Waals surface area contributed by atoms with Crippen LogP contribution in [0.3, 0.4) is 0 Å². The number of halogens is 1. The van der Waals surface area contributed by atoms with Crippen molar-refractivity contribution in [1.29, 1.82) is 0 Å². The van der Waals surface area contributed by atoms with Crippen molar-refractivity contribution in [3.05, 3.63) is 45.8 Å².